The van der Waals surface area contributed by atoms with Gasteiger partial charge in [0.15, 0.2) is 0 Å². The molecule has 3 N–H and O–H groups in total. The quantitative estimate of drug-likeness (QED) is 0.759. The lowest BCUT2D eigenvalue weighted by Crippen LogP contribution is -2.25. The smallest absolute Gasteiger partial charge is 0.337 e. The van der Waals surface area contributed by atoms with E-state index in [-0.39, 0.29) is 16.9 Å². The van der Waals surface area contributed by atoms with E-state index in [4.69, 9.17) is 20.3 Å². The average Bonchev–Trinajstić information content (AvgIpc) is 2.31. The van der Waals surface area contributed by atoms with Crippen molar-refractivity contribution in [3.63, 3.8) is 0 Å². The number of rotatable bonds is 6. The molecule has 0 bridgehead atoms. The highest BCUT2D eigenvalue weighted by atomic mass is 16.5. The summed E-state index contributed by atoms with van der Waals surface area (Å²) < 4.78 is 10.8. The number of aromatic carboxylic acids is 1. The predicted octanol–water partition coefficient (Wildman–Crippen LogP) is 2.16. The van der Waals surface area contributed by atoms with E-state index >= 15 is 0 Å². The van der Waals surface area contributed by atoms with Crippen molar-refractivity contribution in [2.24, 2.45) is 0 Å². The lowest BCUT2D eigenvalue weighted by atomic mass is 10.1. The van der Waals surface area contributed by atoms with Crippen LogP contribution in [-0.4, -0.2) is 30.4 Å². The van der Waals surface area contributed by atoms with Gasteiger partial charge in [0.1, 0.15) is 5.75 Å². The minimum absolute atomic E-state index is 0.0542. The van der Waals surface area contributed by atoms with Crippen LogP contribution in [0.4, 0.5) is 5.69 Å². The van der Waals surface area contributed by atoms with Gasteiger partial charge in [-0.2, -0.15) is 0 Å². The summed E-state index contributed by atoms with van der Waals surface area (Å²) in [4.78, 5) is 10.9. The SMILES string of the molecule is COC(C)(C)CCOc1ccc(N)c(C(=O)O)c1. The lowest BCUT2D eigenvalue weighted by molar-refractivity contribution is 0.00543. The maximum Gasteiger partial charge on any atom is 0.337 e. The fraction of sp³-hybridized carbons (Fsp3) is 0.462. The number of carbonyl (C=O) groups is 1. The van der Waals surface area contributed by atoms with Crippen LogP contribution in [0.15, 0.2) is 18.2 Å². The molecule has 1 rings (SSSR count). The predicted molar refractivity (Wildman–Crippen MR) is 69.0 cm³/mol. The fourth-order valence-corrected chi connectivity index (χ4v) is 1.33. The third kappa shape index (κ3) is 3.92. The van der Waals surface area contributed by atoms with E-state index in [9.17, 15) is 4.79 Å². The van der Waals surface area contributed by atoms with Gasteiger partial charge < -0.3 is 20.3 Å². The zero-order chi connectivity index (χ0) is 13.8. The summed E-state index contributed by atoms with van der Waals surface area (Å²) in [6.07, 6.45) is 0.705. The van der Waals surface area contributed by atoms with Crippen LogP contribution in [0, 0.1) is 0 Å². The molecule has 18 heavy (non-hydrogen) atoms. The molecule has 0 unspecified atom stereocenters. The number of anilines is 1. The number of methoxy groups -OCH3 is 1. The van der Waals surface area contributed by atoms with Crippen molar-refractivity contribution >= 4 is 11.7 Å². The van der Waals surface area contributed by atoms with E-state index in [1.54, 1.807) is 13.2 Å². The lowest BCUT2D eigenvalue weighted by Gasteiger charge is -2.22. The van der Waals surface area contributed by atoms with Crippen molar-refractivity contribution in [1.82, 2.24) is 0 Å². The van der Waals surface area contributed by atoms with Gasteiger partial charge in [0.2, 0.25) is 0 Å². The second kappa shape index (κ2) is 5.73. The Kier molecular flexibility index (Phi) is 4.55. The number of hydrogen-bond donors (Lipinski definition) is 2. The molecular formula is C13H19NO4. The zero-order valence-electron chi connectivity index (χ0n) is 10.9. The van der Waals surface area contributed by atoms with Gasteiger partial charge in [0.05, 0.1) is 17.8 Å². The summed E-state index contributed by atoms with van der Waals surface area (Å²) in [5.74, 6) is -0.566. The Morgan fingerprint density at radius 3 is 2.67 bits per heavy atom. The maximum atomic E-state index is 10.9. The van der Waals surface area contributed by atoms with E-state index in [1.165, 1.54) is 12.1 Å². The summed E-state index contributed by atoms with van der Waals surface area (Å²) in [6, 6.07) is 4.61. The van der Waals surface area contributed by atoms with E-state index in [0.29, 0.717) is 18.8 Å². The summed E-state index contributed by atoms with van der Waals surface area (Å²) in [5, 5.41) is 8.93. The highest BCUT2D eigenvalue weighted by Gasteiger charge is 2.16. The summed E-state index contributed by atoms with van der Waals surface area (Å²) in [7, 11) is 1.64. The van der Waals surface area contributed by atoms with Crippen LogP contribution >= 0.6 is 0 Å². The minimum atomic E-state index is -1.06. The van der Waals surface area contributed by atoms with E-state index in [2.05, 4.69) is 0 Å². The zero-order valence-corrected chi connectivity index (χ0v) is 10.9. The Hall–Kier alpha value is -1.75. The largest absolute Gasteiger partial charge is 0.493 e. The minimum Gasteiger partial charge on any atom is -0.493 e. The Morgan fingerprint density at radius 2 is 2.11 bits per heavy atom. The number of hydrogen-bond acceptors (Lipinski definition) is 4. The first-order valence-corrected chi connectivity index (χ1v) is 5.66. The Balaban J connectivity index is 2.64. The van der Waals surface area contributed by atoms with E-state index < -0.39 is 5.97 Å². The molecule has 0 aromatic heterocycles. The molecule has 0 amide bonds. The monoisotopic (exact) mass is 253 g/mol. The molecule has 0 aliphatic carbocycles. The van der Waals surface area contributed by atoms with Crippen LogP contribution in [0.2, 0.25) is 0 Å². The Bertz CT molecular complexity index is 429. The second-order valence-corrected chi connectivity index (χ2v) is 4.62. The van der Waals surface area contributed by atoms with Crippen molar-refractivity contribution in [2.45, 2.75) is 25.9 Å². The van der Waals surface area contributed by atoms with Crippen molar-refractivity contribution in [3.8, 4) is 5.75 Å². The molecule has 0 atom stereocenters. The van der Waals surface area contributed by atoms with Crippen LogP contribution in [0.5, 0.6) is 5.75 Å². The molecule has 0 saturated carbocycles. The molecule has 0 saturated heterocycles. The highest BCUT2D eigenvalue weighted by Crippen LogP contribution is 2.21. The fourth-order valence-electron chi connectivity index (χ4n) is 1.33. The highest BCUT2D eigenvalue weighted by molar-refractivity contribution is 5.94. The first-order valence-electron chi connectivity index (χ1n) is 5.66. The number of carboxylic acid groups (broad SMARTS) is 1. The molecule has 100 valence electrons. The molecule has 0 fully saturated rings. The summed E-state index contributed by atoms with van der Waals surface area (Å²) >= 11 is 0. The summed E-state index contributed by atoms with van der Waals surface area (Å²) in [5.41, 5.74) is 5.58. The average molecular weight is 253 g/mol. The standard InChI is InChI=1S/C13H19NO4/c1-13(2,17-3)6-7-18-9-4-5-11(14)10(8-9)12(15)16/h4-5,8H,6-7,14H2,1-3H3,(H,15,16). The Morgan fingerprint density at radius 1 is 1.44 bits per heavy atom. The van der Waals surface area contributed by atoms with Gasteiger partial charge in [-0.1, -0.05) is 0 Å². The topological polar surface area (TPSA) is 81.8 Å². The van der Waals surface area contributed by atoms with Crippen LogP contribution in [0.25, 0.3) is 0 Å². The van der Waals surface area contributed by atoms with Gasteiger partial charge in [-0.15, -0.1) is 0 Å². The third-order valence-corrected chi connectivity index (χ3v) is 2.78. The Labute approximate surface area is 107 Å². The van der Waals surface area contributed by atoms with Gasteiger partial charge in [-0.05, 0) is 32.0 Å². The molecule has 0 spiro atoms. The number of benzene rings is 1. The van der Waals surface area contributed by atoms with Gasteiger partial charge >= 0.3 is 5.97 Å². The van der Waals surface area contributed by atoms with Gasteiger partial charge in [0, 0.05) is 19.2 Å². The van der Waals surface area contributed by atoms with Crippen molar-refractivity contribution in [1.29, 1.82) is 0 Å². The van der Waals surface area contributed by atoms with E-state index in [1.807, 2.05) is 13.8 Å². The first kappa shape index (κ1) is 14.3. The van der Waals surface area contributed by atoms with Crippen molar-refractivity contribution < 1.29 is 19.4 Å². The molecule has 1 aromatic carbocycles. The van der Waals surface area contributed by atoms with Gasteiger partial charge in [-0.3, -0.25) is 0 Å². The number of nitrogen functional groups attached to an aromatic ring is 1. The van der Waals surface area contributed by atoms with Crippen molar-refractivity contribution in [3.05, 3.63) is 23.8 Å². The number of nitrogens with two attached hydrogens (primary N) is 1. The third-order valence-electron chi connectivity index (χ3n) is 2.78. The van der Waals surface area contributed by atoms with Gasteiger partial charge in [-0.25, -0.2) is 4.79 Å². The van der Waals surface area contributed by atoms with Crippen LogP contribution in [-0.2, 0) is 4.74 Å². The van der Waals surface area contributed by atoms with Crippen LogP contribution < -0.4 is 10.5 Å². The molecule has 5 nitrogen and oxygen atoms in total. The molecule has 1 aromatic rings. The van der Waals surface area contributed by atoms with E-state index in [0.717, 1.165) is 0 Å². The normalized spacial score (nSPS) is 11.3. The molecule has 5 heteroatoms. The molecule has 0 heterocycles. The van der Waals surface area contributed by atoms with Crippen LogP contribution in [0.3, 0.4) is 0 Å². The number of ether oxygens (including phenoxy) is 2. The molecular weight excluding hydrogens is 234 g/mol. The number of carboxylic acids is 1. The molecule has 0 radical (unpaired) electrons. The van der Waals surface area contributed by atoms with Crippen molar-refractivity contribution in [2.75, 3.05) is 19.5 Å². The second-order valence-electron chi connectivity index (χ2n) is 4.62. The first-order chi connectivity index (χ1) is 8.35. The molecule has 0 aliphatic heterocycles. The summed E-state index contributed by atoms with van der Waals surface area (Å²) in [6.45, 7) is 4.37. The van der Waals surface area contributed by atoms with Gasteiger partial charge in [0.25, 0.3) is 0 Å². The molecule has 0 aliphatic rings. The maximum absolute atomic E-state index is 10.9. The van der Waals surface area contributed by atoms with Crippen LogP contribution in [0.1, 0.15) is 30.6 Å².